The Morgan fingerprint density at radius 3 is 2.62 bits per heavy atom. The fourth-order valence-electron chi connectivity index (χ4n) is 3.56. The van der Waals surface area contributed by atoms with Crippen LogP contribution in [0.4, 0.5) is 13.2 Å². The number of nitrogens with one attached hydrogen (secondary N) is 3. The topological polar surface area (TPSA) is 91.3 Å². The van der Waals surface area contributed by atoms with E-state index in [4.69, 9.17) is 0 Å². The first-order valence-electron chi connectivity index (χ1n) is 9.07. The SMILES string of the molecule is Cc1nc2c(-c3ccccc3)c(C(F)(F)F)[nH]n2c(=O)c1C(=O)N[C@H]1CCNC1. The molecule has 1 saturated heterocycles. The monoisotopic (exact) mass is 405 g/mol. The summed E-state index contributed by atoms with van der Waals surface area (Å²) in [5.41, 5.74) is -2.31. The number of alkyl halides is 3. The fourth-order valence-corrected chi connectivity index (χ4v) is 3.56. The smallest absolute Gasteiger partial charge is 0.348 e. The molecule has 0 unspecified atom stereocenters. The molecule has 0 radical (unpaired) electrons. The number of benzene rings is 1. The third kappa shape index (κ3) is 3.39. The van der Waals surface area contributed by atoms with E-state index < -0.39 is 23.3 Å². The van der Waals surface area contributed by atoms with Crippen LogP contribution in [0.15, 0.2) is 35.1 Å². The number of hydrogen-bond acceptors (Lipinski definition) is 4. The molecule has 152 valence electrons. The number of aryl methyl sites for hydroxylation is 1. The molecular weight excluding hydrogens is 387 g/mol. The summed E-state index contributed by atoms with van der Waals surface area (Å²) in [5, 5.41) is 7.93. The highest BCUT2D eigenvalue weighted by atomic mass is 19.4. The maximum Gasteiger partial charge on any atom is 0.433 e. The molecule has 0 saturated carbocycles. The van der Waals surface area contributed by atoms with Gasteiger partial charge in [0.15, 0.2) is 5.65 Å². The van der Waals surface area contributed by atoms with Gasteiger partial charge in [-0.3, -0.25) is 14.7 Å². The largest absolute Gasteiger partial charge is 0.433 e. The van der Waals surface area contributed by atoms with Crippen LogP contribution in [0.5, 0.6) is 0 Å². The maximum absolute atomic E-state index is 13.7. The number of aromatic nitrogens is 3. The zero-order valence-corrected chi connectivity index (χ0v) is 15.4. The molecule has 3 heterocycles. The lowest BCUT2D eigenvalue weighted by Crippen LogP contribution is -2.40. The van der Waals surface area contributed by atoms with Crippen LogP contribution in [0.1, 0.15) is 28.2 Å². The van der Waals surface area contributed by atoms with E-state index in [-0.39, 0.29) is 34.1 Å². The number of fused-ring (bicyclic) bond motifs is 1. The molecule has 0 bridgehead atoms. The van der Waals surface area contributed by atoms with Crippen molar-refractivity contribution in [1.29, 1.82) is 0 Å². The zero-order chi connectivity index (χ0) is 20.8. The summed E-state index contributed by atoms with van der Waals surface area (Å²) in [5.74, 6) is -0.646. The van der Waals surface area contributed by atoms with Crippen molar-refractivity contribution in [3.8, 4) is 11.1 Å². The predicted molar refractivity (Wildman–Crippen MR) is 99.7 cm³/mol. The Morgan fingerprint density at radius 2 is 2.00 bits per heavy atom. The second kappa shape index (κ2) is 7.03. The van der Waals surface area contributed by atoms with Crippen LogP contribution in [0, 0.1) is 6.92 Å². The van der Waals surface area contributed by atoms with Gasteiger partial charge in [0.1, 0.15) is 11.3 Å². The van der Waals surface area contributed by atoms with Gasteiger partial charge in [0.05, 0.1) is 11.3 Å². The number of nitrogens with zero attached hydrogens (tertiary/aromatic N) is 2. The Labute approximate surface area is 162 Å². The van der Waals surface area contributed by atoms with E-state index in [1.807, 2.05) is 0 Å². The molecule has 1 fully saturated rings. The van der Waals surface area contributed by atoms with Gasteiger partial charge in [-0.05, 0) is 25.5 Å². The minimum Gasteiger partial charge on any atom is -0.348 e. The summed E-state index contributed by atoms with van der Waals surface area (Å²) in [6, 6.07) is 7.75. The molecule has 1 amide bonds. The summed E-state index contributed by atoms with van der Waals surface area (Å²) in [6.07, 6.45) is -4.03. The van der Waals surface area contributed by atoms with Crippen molar-refractivity contribution in [2.45, 2.75) is 25.6 Å². The van der Waals surface area contributed by atoms with Crippen molar-refractivity contribution in [2.75, 3.05) is 13.1 Å². The van der Waals surface area contributed by atoms with Gasteiger partial charge in [0.2, 0.25) is 0 Å². The normalized spacial score (nSPS) is 17.0. The standard InChI is InChI=1S/C19H18F3N5O2/c1-10-13(17(28)25-12-7-8-23-9-12)18(29)27-16(24-10)14(11-5-3-2-4-6-11)15(26-27)19(20,21)22/h2-6,12,23,26H,7-9H2,1H3,(H,25,28)/t12-/m0/s1. The molecule has 2 aromatic heterocycles. The highest BCUT2D eigenvalue weighted by Gasteiger charge is 2.38. The molecule has 29 heavy (non-hydrogen) atoms. The van der Waals surface area contributed by atoms with Gasteiger partial charge >= 0.3 is 6.18 Å². The Morgan fingerprint density at radius 1 is 1.28 bits per heavy atom. The van der Waals surface area contributed by atoms with E-state index in [2.05, 4.69) is 20.7 Å². The number of carbonyl (C=O) groups excluding carboxylic acids is 1. The third-order valence-corrected chi connectivity index (χ3v) is 4.93. The second-order valence-corrected chi connectivity index (χ2v) is 6.93. The Hall–Kier alpha value is -3.14. The number of H-pyrrole nitrogens is 1. The van der Waals surface area contributed by atoms with E-state index in [0.717, 1.165) is 6.54 Å². The number of aromatic amines is 1. The molecule has 0 aliphatic carbocycles. The number of rotatable bonds is 3. The van der Waals surface area contributed by atoms with Gasteiger partial charge < -0.3 is 10.6 Å². The average Bonchev–Trinajstić information content (AvgIpc) is 3.29. The highest BCUT2D eigenvalue weighted by Crippen LogP contribution is 2.38. The average molecular weight is 405 g/mol. The van der Waals surface area contributed by atoms with Crippen molar-refractivity contribution in [2.24, 2.45) is 0 Å². The van der Waals surface area contributed by atoms with Crippen LogP contribution in [-0.4, -0.2) is 39.6 Å². The molecule has 3 aromatic rings. The molecule has 7 nitrogen and oxygen atoms in total. The van der Waals surface area contributed by atoms with Crippen LogP contribution in [0.2, 0.25) is 0 Å². The molecule has 10 heteroatoms. The lowest BCUT2D eigenvalue weighted by molar-refractivity contribution is -0.140. The minimum absolute atomic E-state index is 0.0726. The Balaban J connectivity index is 1.91. The van der Waals surface area contributed by atoms with E-state index >= 15 is 0 Å². The van der Waals surface area contributed by atoms with Gasteiger partial charge in [-0.15, -0.1) is 0 Å². The summed E-state index contributed by atoms with van der Waals surface area (Å²) < 4.78 is 41.7. The summed E-state index contributed by atoms with van der Waals surface area (Å²) >= 11 is 0. The Kier molecular flexibility index (Phi) is 4.65. The first kappa shape index (κ1) is 19.2. The van der Waals surface area contributed by atoms with Crippen molar-refractivity contribution < 1.29 is 18.0 Å². The molecule has 3 N–H and O–H groups in total. The molecule has 1 aliphatic rings. The fraction of sp³-hybridized carbons (Fsp3) is 0.316. The predicted octanol–water partition coefficient (Wildman–Crippen LogP) is 2.11. The number of hydrogen-bond donors (Lipinski definition) is 3. The van der Waals surface area contributed by atoms with E-state index in [1.165, 1.54) is 19.1 Å². The van der Waals surface area contributed by atoms with Crippen LogP contribution in [-0.2, 0) is 6.18 Å². The molecular formula is C19H18F3N5O2. The minimum atomic E-state index is -4.74. The van der Waals surface area contributed by atoms with E-state index in [1.54, 1.807) is 18.2 Å². The second-order valence-electron chi connectivity index (χ2n) is 6.93. The number of amides is 1. The number of carbonyl (C=O) groups is 1. The number of halogens is 3. The molecule has 0 spiro atoms. The summed E-state index contributed by atoms with van der Waals surface area (Å²) in [4.78, 5) is 29.8. The van der Waals surface area contributed by atoms with E-state index in [0.29, 0.717) is 17.5 Å². The van der Waals surface area contributed by atoms with Crippen molar-refractivity contribution >= 4 is 11.6 Å². The first-order valence-corrected chi connectivity index (χ1v) is 9.07. The zero-order valence-electron chi connectivity index (χ0n) is 15.4. The maximum atomic E-state index is 13.7. The van der Waals surface area contributed by atoms with Gasteiger partial charge in [0.25, 0.3) is 11.5 Å². The lowest BCUT2D eigenvalue weighted by atomic mass is 10.1. The quantitative estimate of drug-likeness (QED) is 0.623. The van der Waals surface area contributed by atoms with Crippen LogP contribution < -0.4 is 16.2 Å². The van der Waals surface area contributed by atoms with Gasteiger partial charge in [-0.25, -0.2) is 4.98 Å². The molecule has 1 atom stereocenters. The first-order chi connectivity index (χ1) is 13.8. The molecule has 4 rings (SSSR count). The van der Waals surface area contributed by atoms with Gasteiger partial charge in [0, 0.05) is 12.6 Å². The van der Waals surface area contributed by atoms with Gasteiger partial charge in [-0.2, -0.15) is 17.7 Å². The van der Waals surface area contributed by atoms with Gasteiger partial charge in [-0.1, -0.05) is 30.3 Å². The van der Waals surface area contributed by atoms with Crippen molar-refractivity contribution in [3.05, 3.63) is 57.6 Å². The van der Waals surface area contributed by atoms with Crippen molar-refractivity contribution in [3.63, 3.8) is 0 Å². The van der Waals surface area contributed by atoms with Crippen molar-refractivity contribution in [1.82, 2.24) is 25.2 Å². The van der Waals surface area contributed by atoms with Crippen LogP contribution in [0.3, 0.4) is 0 Å². The Bertz CT molecular complexity index is 1130. The van der Waals surface area contributed by atoms with Crippen LogP contribution >= 0.6 is 0 Å². The summed E-state index contributed by atoms with van der Waals surface area (Å²) in [6.45, 7) is 2.76. The molecule has 1 aliphatic heterocycles. The third-order valence-electron chi connectivity index (χ3n) is 4.93. The van der Waals surface area contributed by atoms with Crippen LogP contribution in [0.25, 0.3) is 16.8 Å². The molecule has 1 aromatic carbocycles. The highest BCUT2D eigenvalue weighted by molar-refractivity contribution is 5.95. The van der Waals surface area contributed by atoms with E-state index in [9.17, 15) is 22.8 Å². The summed E-state index contributed by atoms with van der Waals surface area (Å²) in [7, 11) is 0. The lowest BCUT2D eigenvalue weighted by Gasteiger charge is -2.12.